The zero-order chi connectivity index (χ0) is 16.2. The minimum atomic E-state index is -1.05. The van der Waals surface area contributed by atoms with Crippen LogP contribution in [0.25, 0.3) is 0 Å². The number of rotatable bonds is 6. The van der Waals surface area contributed by atoms with Gasteiger partial charge in [0.15, 0.2) is 0 Å². The lowest BCUT2D eigenvalue weighted by atomic mass is 9.81. The van der Waals surface area contributed by atoms with E-state index in [1.807, 2.05) is 0 Å². The average molecular weight is 348 g/mol. The number of benzene rings is 1. The van der Waals surface area contributed by atoms with Crippen LogP contribution in [-0.2, 0) is 11.2 Å². The first-order valence-corrected chi connectivity index (χ1v) is 7.82. The van der Waals surface area contributed by atoms with Gasteiger partial charge in [0.1, 0.15) is 11.6 Å². The zero-order valence-electron chi connectivity index (χ0n) is 14.0. The number of morpholine rings is 1. The topological polar surface area (TPSA) is 50.7 Å². The molecule has 1 fully saturated rings. The highest BCUT2D eigenvalue weighted by molar-refractivity contribution is 5.85. The summed E-state index contributed by atoms with van der Waals surface area (Å²) < 4.78 is 24.7. The first-order chi connectivity index (χ1) is 10.4. The monoisotopic (exact) mass is 347 g/mol. The van der Waals surface area contributed by atoms with Gasteiger partial charge in [0.25, 0.3) is 0 Å². The molecule has 23 heavy (non-hydrogen) atoms. The average Bonchev–Trinajstić information content (AvgIpc) is 2.47. The molecule has 1 aromatic carbocycles. The van der Waals surface area contributed by atoms with Crippen LogP contribution in [0.5, 0.6) is 5.75 Å². The zero-order valence-corrected chi connectivity index (χ0v) is 14.8. The smallest absolute Gasteiger partial charge is 0.123 e. The van der Waals surface area contributed by atoms with E-state index in [2.05, 4.69) is 19.2 Å². The van der Waals surface area contributed by atoms with E-state index in [1.165, 1.54) is 12.1 Å². The summed E-state index contributed by atoms with van der Waals surface area (Å²) in [6.45, 7) is 6.08. The van der Waals surface area contributed by atoms with Crippen molar-refractivity contribution in [3.8, 4) is 5.75 Å². The molecule has 1 aromatic rings. The highest BCUT2D eigenvalue weighted by atomic mass is 35.5. The van der Waals surface area contributed by atoms with Crippen LogP contribution in [0.1, 0.15) is 25.8 Å². The highest BCUT2D eigenvalue weighted by Crippen LogP contribution is 2.32. The molecule has 0 bridgehead atoms. The molecule has 1 aliphatic rings. The second-order valence-electron chi connectivity index (χ2n) is 6.40. The summed E-state index contributed by atoms with van der Waals surface area (Å²) in [5, 5.41) is 14.5. The van der Waals surface area contributed by atoms with Crippen LogP contribution in [0.4, 0.5) is 4.39 Å². The fraction of sp³-hybridized carbons (Fsp3) is 0.647. The van der Waals surface area contributed by atoms with Gasteiger partial charge in [0, 0.05) is 19.5 Å². The molecule has 0 radical (unpaired) electrons. The Morgan fingerprint density at radius 2 is 2.22 bits per heavy atom. The van der Waals surface area contributed by atoms with E-state index in [0.29, 0.717) is 43.2 Å². The predicted octanol–water partition coefficient (Wildman–Crippen LogP) is 2.56. The standard InChI is InChI=1S/C17H26FNO3.ClH/c1-12(2)9-17(20,16-11-19-6-7-22-16)10-13-8-14(18)4-5-15(13)21-3;/h4-5,8,12,16,19-20H,6-7,9-11H2,1-3H3;1H. The van der Waals surface area contributed by atoms with E-state index in [9.17, 15) is 9.50 Å². The molecule has 1 aliphatic heterocycles. The Morgan fingerprint density at radius 3 is 2.78 bits per heavy atom. The van der Waals surface area contributed by atoms with E-state index < -0.39 is 5.60 Å². The molecule has 6 heteroatoms. The van der Waals surface area contributed by atoms with Crippen molar-refractivity contribution in [1.82, 2.24) is 5.32 Å². The van der Waals surface area contributed by atoms with Crippen molar-refractivity contribution in [2.24, 2.45) is 5.92 Å². The third-order valence-electron chi connectivity index (χ3n) is 4.03. The fourth-order valence-electron chi connectivity index (χ4n) is 3.15. The van der Waals surface area contributed by atoms with Crippen molar-refractivity contribution in [3.05, 3.63) is 29.6 Å². The fourth-order valence-corrected chi connectivity index (χ4v) is 3.15. The predicted molar refractivity (Wildman–Crippen MR) is 90.9 cm³/mol. The summed E-state index contributed by atoms with van der Waals surface area (Å²) in [5.41, 5.74) is -0.386. The molecule has 2 N–H and O–H groups in total. The minimum absolute atomic E-state index is 0. The lowest BCUT2D eigenvalue weighted by Gasteiger charge is -2.40. The van der Waals surface area contributed by atoms with Crippen LogP contribution < -0.4 is 10.1 Å². The molecule has 0 amide bonds. The van der Waals surface area contributed by atoms with E-state index >= 15 is 0 Å². The van der Waals surface area contributed by atoms with Gasteiger partial charge in [-0.1, -0.05) is 13.8 Å². The molecule has 0 aliphatic carbocycles. The summed E-state index contributed by atoms with van der Waals surface area (Å²) >= 11 is 0. The number of halogens is 2. The number of methoxy groups -OCH3 is 1. The van der Waals surface area contributed by atoms with Gasteiger partial charge < -0.3 is 19.9 Å². The lowest BCUT2D eigenvalue weighted by molar-refractivity contribution is -0.127. The molecule has 2 rings (SSSR count). The van der Waals surface area contributed by atoms with Crippen molar-refractivity contribution in [3.63, 3.8) is 0 Å². The first kappa shape index (κ1) is 20.2. The maximum atomic E-state index is 13.6. The van der Waals surface area contributed by atoms with Crippen LogP contribution in [-0.4, -0.2) is 43.6 Å². The molecule has 1 saturated heterocycles. The Kier molecular flexibility index (Phi) is 7.74. The quantitative estimate of drug-likeness (QED) is 0.830. The van der Waals surface area contributed by atoms with E-state index in [-0.39, 0.29) is 24.3 Å². The summed E-state index contributed by atoms with van der Waals surface area (Å²) in [6, 6.07) is 4.39. The Balaban J connectivity index is 0.00000264. The molecule has 0 aromatic heterocycles. The Morgan fingerprint density at radius 1 is 1.48 bits per heavy atom. The van der Waals surface area contributed by atoms with Crippen LogP contribution in [0.15, 0.2) is 18.2 Å². The van der Waals surface area contributed by atoms with Crippen molar-refractivity contribution in [2.75, 3.05) is 26.8 Å². The Bertz CT molecular complexity index is 495. The van der Waals surface area contributed by atoms with E-state index in [0.717, 1.165) is 6.54 Å². The normalized spacial score (nSPS) is 20.7. The molecule has 0 spiro atoms. The van der Waals surface area contributed by atoms with Gasteiger partial charge in [-0.2, -0.15) is 0 Å². The largest absolute Gasteiger partial charge is 0.496 e. The molecule has 2 atom stereocenters. The summed E-state index contributed by atoms with van der Waals surface area (Å²) in [7, 11) is 1.55. The van der Waals surface area contributed by atoms with Crippen molar-refractivity contribution < 1.29 is 19.0 Å². The maximum Gasteiger partial charge on any atom is 0.123 e. The van der Waals surface area contributed by atoms with Gasteiger partial charge in [-0.05, 0) is 36.1 Å². The summed E-state index contributed by atoms with van der Waals surface area (Å²) in [4.78, 5) is 0. The van der Waals surface area contributed by atoms with Gasteiger partial charge in [0.05, 0.1) is 25.4 Å². The number of hydrogen-bond acceptors (Lipinski definition) is 4. The first-order valence-electron chi connectivity index (χ1n) is 7.82. The lowest BCUT2D eigenvalue weighted by Crippen LogP contribution is -2.55. The third-order valence-corrected chi connectivity index (χ3v) is 4.03. The highest BCUT2D eigenvalue weighted by Gasteiger charge is 2.40. The number of ether oxygens (including phenoxy) is 2. The van der Waals surface area contributed by atoms with Gasteiger partial charge in [-0.15, -0.1) is 12.4 Å². The van der Waals surface area contributed by atoms with E-state index in [1.54, 1.807) is 13.2 Å². The molecule has 1 heterocycles. The van der Waals surface area contributed by atoms with Crippen molar-refractivity contribution in [2.45, 2.75) is 38.4 Å². The van der Waals surface area contributed by atoms with Crippen LogP contribution in [0.2, 0.25) is 0 Å². The van der Waals surface area contributed by atoms with Crippen LogP contribution >= 0.6 is 12.4 Å². The van der Waals surface area contributed by atoms with Gasteiger partial charge in [0.2, 0.25) is 0 Å². The summed E-state index contributed by atoms with van der Waals surface area (Å²) in [6.07, 6.45) is 0.578. The van der Waals surface area contributed by atoms with Crippen molar-refractivity contribution >= 4 is 12.4 Å². The number of hydrogen-bond donors (Lipinski definition) is 2. The molecule has 0 saturated carbocycles. The van der Waals surface area contributed by atoms with Crippen LogP contribution in [0.3, 0.4) is 0 Å². The van der Waals surface area contributed by atoms with Gasteiger partial charge >= 0.3 is 0 Å². The number of nitrogens with one attached hydrogen (secondary N) is 1. The van der Waals surface area contributed by atoms with Crippen LogP contribution in [0, 0.1) is 11.7 Å². The minimum Gasteiger partial charge on any atom is -0.496 e. The molecule has 132 valence electrons. The SMILES string of the molecule is COc1ccc(F)cc1CC(O)(CC(C)C)C1CNCCO1.Cl. The van der Waals surface area contributed by atoms with Gasteiger partial charge in [-0.3, -0.25) is 0 Å². The molecule has 4 nitrogen and oxygen atoms in total. The number of aliphatic hydroxyl groups is 1. The molecular weight excluding hydrogens is 321 g/mol. The summed E-state index contributed by atoms with van der Waals surface area (Å²) in [5.74, 6) is 0.563. The molecule has 2 unspecified atom stereocenters. The Labute approximate surface area is 143 Å². The second-order valence-corrected chi connectivity index (χ2v) is 6.40. The Hall–Kier alpha value is -0.880. The van der Waals surface area contributed by atoms with Gasteiger partial charge in [-0.25, -0.2) is 4.39 Å². The van der Waals surface area contributed by atoms with E-state index in [4.69, 9.17) is 9.47 Å². The van der Waals surface area contributed by atoms with Crippen molar-refractivity contribution in [1.29, 1.82) is 0 Å². The maximum absolute atomic E-state index is 13.6. The second kappa shape index (κ2) is 8.83. The molecular formula is C17H27ClFNO3. The third kappa shape index (κ3) is 5.31.